The Morgan fingerprint density at radius 2 is 1.74 bits per heavy atom. The molecule has 9 nitrogen and oxygen atoms in total. The quantitative estimate of drug-likeness (QED) is 0.196. The number of carbonyl (C=O) groups is 1. The highest BCUT2D eigenvalue weighted by molar-refractivity contribution is 9.09. The number of alkyl halides is 1. The Kier molecular flexibility index (Phi) is 8.17. The van der Waals surface area contributed by atoms with Gasteiger partial charge in [-0.05, 0) is 37.8 Å². The molecule has 2 aromatic rings. The first-order valence-electron chi connectivity index (χ1n) is 10.7. The highest BCUT2D eigenvalue weighted by Crippen LogP contribution is 2.41. The van der Waals surface area contributed by atoms with Crippen LogP contribution in [0, 0.1) is 20.2 Å². The Hall–Kier alpha value is -3.53. The molecule has 0 bridgehead atoms. The fourth-order valence-electron chi connectivity index (χ4n) is 3.99. The van der Waals surface area contributed by atoms with Gasteiger partial charge < -0.3 is 10.1 Å². The highest BCUT2D eigenvalue weighted by atomic mass is 79.9. The van der Waals surface area contributed by atoms with Crippen molar-refractivity contribution < 1.29 is 19.4 Å². The van der Waals surface area contributed by atoms with E-state index in [2.05, 4.69) is 21.2 Å². The number of nitrogens with zero attached hydrogens (tertiary/aromatic N) is 2. The molecule has 0 aliphatic carbocycles. The number of non-ortho nitro benzene ring substituents is 1. The number of nitro benzene ring substituents is 1. The summed E-state index contributed by atoms with van der Waals surface area (Å²) in [6.45, 7) is 3.35. The van der Waals surface area contributed by atoms with Gasteiger partial charge in [0.15, 0.2) is 0 Å². The first-order valence-corrected chi connectivity index (χ1v) is 11.6. The summed E-state index contributed by atoms with van der Waals surface area (Å²) in [6, 6.07) is 15.2. The highest BCUT2D eigenvalue weighted by Gasteiger charge is 2.41. The second-order valence-corrected chi connectivity index (χ2v) is 8.81. The van der Waals surface area contributed by atoms with E-state index in [9.17, 15) is 25.0 Å². The van der Waals surface area contributed by atoms with Crippen molar-refractivity contribution in [1.82, 2.24) is 5.32 Å². The number of carbonyl (C=O) groups excluding carboxylic acids is 1. The molecule has 0 amide bonds. The van der Waals surface area contributed by atoms with Crippen LogP contribution in [0.4, 0.5) is 5.69 Å². The van der Waals surface area contributed by atoms with Crippen LogP contribution < -0.4 is 5.32 Å². The van der Waals surface area contributed by atoms with Crippen molar-refractivity contribution in [2.45, 2.75) is 37.4 Å². The maximum atomic E-state index is 13.1. The van der Waals surface area contributed by atoms with Crippen molar-refractivity contribution in [2.75, 3.05) is 6.61 Å². The number of nitrogens with one attached hydrogen (secondary N) is 1. The van der Waals surface area contributed by atoms with Crippen molar-refractivity contribution >= 4 is 27.6 Å². The lowest BCUT2D eigenvalue weighted by molar-refractivity contribution is -0.431. The third-order valence-electron chi connectivity index (χ3n) is 5.55. The smallest absolute Gasteiger partial charge is 0.336 e. The Labute approximate surface area is 204 Å². The normalized spacial score (nSPS) is 16.6. The van der Waals surface area contributed by atoms with Gasteiger partial charge in [-0.1, -0.05) is 58.4 Å². The zero-order chi connectivity index (χ0) is 24.8. The first-order chi connectivity index (χ1) is 16.2. The fourth-order valence-corrected chi connectivity index (χ4v) is 4.52. The molecule has 0 saturated carbocycles. The van der Waals surface area contributed by atoms with E-state index in [0.717, 1.165) is 5.56 Å². The van der Waals surface area contributed by atoms with Gasteiger partial charge in [-0.15, -0.1) is 0 Å². The van der Waals surface area contributed by atoms with Crippen molar-refractivity contribution in [2.24, 2.45) is 0 Å². The molecule has 0 fully saturated rings. The van der Waals surface area contributed by atoms with Crippen molar-refractivity contribution in [3.05, 3.63) is 109 Å². The van der Waals surface area contributed by atoms with Gasteiger partial charge in [0.2, 0.25) is 0 Å². The molecule has 0 radical (unpaired) electrons. The van der Waals surface area contributed by atoms with E-state index in [1.165, 1.54) is 24.3 Å². The third-order valence-corrected chi connectivity index (χ3v) is 6.53. The minimum atomic E-state index is -1.03. The lowest BCUT2D eigenvalue weighted by atomic mass is 9.83. The van der Waals surface area contributed by atoms with E-state index in [-0.39, 0.29) is 28.4 Å². The van der Waals surface area contributed by atoms with Crippen LogP contribution in [-0.4, -0.2) is 22.4 Å². The third kappa shape index (κ3) is 5.51. The van der Waals surface area contributed by atoms with Gasteiger partial charge in [-0.25, -0.2) is 4.79 Å². The van der Waals surface area contributed by atoms with Crippen LogP contribution >= 0.6 is 15.9 Å². The number of hydrogen-bond donors (Lipinski definition) is 1. The summed E-state index contributed by atoms with van der Waals surface area (Å²) in [7, 11) is 0. The zero-order valence-electron chi connectivity index (χ0n) is 18.7. The molecular formula is C24H24BrN3O6. The van der Waals surface area contributed by atoms with E-state index in [1.807, 2.05) is 30.3 Å². The summed E-state index contributed by atoms with van der Waals surface area (Å²) in [5, 5.41) is 26.2. The number of ether oxygens (including phenoxy) is 1. The van der Waals surface area contributed by atoms with E-state index in [1.54, 1.807) is 13.8 Å². The average Bonchev–Trinajstić information content (AvgIpc) is 2.82. The van der Waals surface area contributed by atoms with Crippen LogP contribution in [0.2, 0.25) is 0 Å². The van der Waals surface area contributed by atoms with E-state index >= 15 is 0 Å². The molecule has 1 aliphatic heterocycles. The largest absolute Gasteiger partial charge is 0.463 e. The van der Waals surface area contributed by atoms with Crippen molar-refractivity contribution in [1.29, 1.82) is 0 Å². The van der Waals surface area contributed by atoms with Crippen LogP contribution in [-0.2, 0) is 9.53 Å². The fraction of sp³-hybridized carbons (Fsp3) is 0.292. The second kappa shape index (κ2) is 11.1. The van der Waals surface area contributed by atoms with Gasteiger partial charge in [0.05, 0.1) is 27.7 Å². The molecule has 3 rings (SSSR count). The van der Waals surface area contributed by atoms with Crippen molar-refractivity contribution in [3.63, 3.8) is 0 Å². The lowest BCUT2D eigenvalue weighted by Crippen LogP contribution is -2.32. The predicted octanol–water partition coefficient (Wildman–Crippen LogP) is 5.52. The molecule has 1 N–H and O–H groups in total. The number of nitro groups is 2. The van der Waals surface area contributed by atoms with E-state index in [4.69, 9.17) is 4.74 Å². The minimum absolute atomic E-state index is 0.00506. The molecule has 1 aliphatic rings. The number of rotatable bonds is 9. The minimum Gasteiger partial charge on any atom is -0.463 e. The van der Waals surface area contributed by atoms with Gasteiger partial charge in [0.25, 0.3) is 11.4 Å². The number of hydrogen-bond acceptors (Lipinski definition) is 7. The summed E-state index contributed by atoms with van der Waals surface area (Å²) in [5.41, 5.74) is 2.11. The summed E-state index contributed by atoms with van der Waals surface area (Å²) in [5.74, 6) is -1.69. The van der Waals surface area contributed by atoms with Crippen LogP contribution in [0.1, 0.15) is 48.6 Å². The number of benzene rings is 2. The van der Waals surface area contributed by atoms with E-state index < -0.39 is 21.7 Å². The number of allylic oxidation sites excluding steroid dienone is 3. The van der Waals surface area contributed by atoms with E-state index in [0.29, 0.717) is 29.8 Å². The summed E-state index contributed by atoms with van der Waals surface area (Å²) >= 11 is 3.68. The van der Waals surface area contributed by atoms with Gasteiger partial charge in [0, 0.05) is 22.7 Å². The van der Waals surface area contributed by atoms with Crippen LogP contribution in [0.15, 0.2) is 77.3 Å². The molecule has 2 atom stereocenters. The first kappa shape index (κ1) is 25.1. The molecule has 2 unspecified atom stereocenters. The lowest BCUT2D eigenvalue weighted by Gasteiger charge is -2.28. The van der Waals surface area contributed by atoms with Gasteiger partial charge in [0.1, 0.15) is 5.92 Å². The molecule has 10 heteroatoms. The molecule has 0 spiro atoms. The molecular weight excluding hydrogens is 506 g/mol. The Morgan fingerprint density at radius 3 is 2.29 bits per heavy atom. The number of esters is 1. The SMILES string of the molecule is CCOC(=O)C1=C(CCC(Br)c2ccccc2)NC(C)=C([N+](=O)[O-])C1c1ccc([N+](=O)[O-])cc1. The second-order valence-electron chi connectivity index (χ2n) is 7.70. The maximum Gasteiger partial charge on any atom is 0.336 e. The number of dihydropyridines is 1. The monoisotopic (exact) mass is 529 g/mol. The molecule has 178 valence electrons. The Morgan fingerprint density at radius 1 is 1.09 bits per heavy atom. The summed E-state index contributed by atoms with van der Waals surface area (Å²) in [6.07, 6.45) is 1.04. The number of halogens is 1. The van der Waals surface area contributed by atoms with Crippen LogP contribution in [0.25, 0.3) is 0 Å². The van der Waals surface area contributed by atoms with Crippen LogP contribution in [0.5, 0.6) is 0 Å². The maximum absolute atomic E-state index is 13.1. The molecule has 0 saturated heterocycles. The van der Waals surface area contributed by atoms with Crippen LogP contribution in [0.3, 0.4) is 0 Å². The average molecular weight is 530 g/mol. The summed E-state index contributed by atoms with van der Waals surface area (Å²) < 4.78 is 5.28. The molecule has 2 aromatic carbocycles. The van der Waals surface area contributed by atoms with Gasteiger partial charge in [-0.2, -0.15) is 0 Å². The standard InChI is InChI=1S/C24H24BrN3O6/c1-3-34-24(29)22-20(14-13-19(25)16-7-5-4-6-8-16)26-15(2)23(28(32)33)21(22)17-9-11-18(12-10-17)27(30)31/h4-12,19,21,26H,3,13-14H2,1-2H3. The van der Waals surface area contributed by atoms with Gasteiger partial charge >= 0.3 is 5.97 Å². The van der Waals surface area contributed by atoms with Crippen molar-refractivity contribution in [3.8, 4) is 0 Å². The predicted molar refractivity (Wildman–Crippen MR) is 130 cm³/mol. The summed E-state index contributed by atoms with van der Waals surface area (Å²) in [4.78, 5) is 35.1. The Balaban J connectivity index is 2.06. The Bertz CT molecular complexity index is 1150. The van der Waals surface area contributed by atoms with Gasteiger partial charge in [-0.3, -0.25) is 20.2 Å². The molecule has 1 heterocycles. The molecule has 0 aromatic heterocycles. The zero-order valence-corrected chi connectivity index (χ0v) is 20.3. The topological polar surface area (TPSA) is 125 Å². The molecule has 34 heavy (non-hydrogen) atoms.